The lowest BCUT2D eigenvalue weighted by Gasteiger charge is -2.33. The number of ether oxygens (including phenoxy) is 1. The third-order valence-electron chi connectivity index (χ3n) is 3.48. The molecule has 1 fully saturated rings. The molecule has 0 aromatic carbocycles. The Labute approximate surface area is 102 Å². The van der Waals surface area contributed by atoms with Gasteiger partial charge in [-0.15, -0.1) is 0 Å². The van der Waals surface area contributed by atoms with E-state index in [1.165, 1.54) is 0 Å². The van der Waals surface area contributed by atoms with Gasteiger partial charge in [0.15, 0.2) is 5.78 Å². The molecule has 0 unspecified atom stereocenters. The number of hydrogen-bond donors (Lipinski definition) is 0. The Hall–Kier alpha value is -1.32. The highest BCUT2D eigenvalue weighted by atomic mass is 16.5. The number of esters is 1. The zero-order chi connectivity index (χ0) is 12.3. The molecule has 1 aliphatic carbocycles. The molecule has 0 radical (unpaired) electrons. The van der Waals surface area contributed by atoms with Crippen molar-refractivity contribution < 1.29 is 14.3 Å². The van der Waals surface area contributed by atoms with Crippen LogP contribution in [0.25, 0.3) is 0 Å². The number of carbonyl (C=O) groups excluding carboxylic acids is 2. The first-order valence-corrected chi connectivity index (χ1v) is 6.35. The summed E-state index contributed by atoms with van der Waals surface area (Å²) in [5, 5.41) is 0. The van der Waals surface area contributed by atoms with Gasteiger partial charge in [0.25, 0.3) is 0 Å². The van der Waals surface area contributed by atoms with Crippen LogP contribution in [0.3, 0.4) is 0 Å². The summed E-state index contributed by atoms with van der Waals surface area (Å²) < 4.78 is 5.03. The molecule has 94 valence electrons. The molecule has 2 aliphatic rings. The Bertz CT molecular complexity index is 341. The minimum atomic E-state index is -0.0661. The van der Waals surface area contributed by atoms with Crippen molar-refractivity contribution in [1.29, 1.82) is 0 Å². The SMILES string of the molecule is CCOC(=O)C1CCN(C2=CC(=O)CC2)CC1. The molecule has 4 heteroatoms. The van der Waals surface area contributed by atoms with E-state index in [2.05, 4.69) is 4.90 Å². The van der Waals surface area contributed by atoms with E-state index in [1.54, 1.807) is 6.08 Å². The van der Waals surface area contributed by atoms with Crippen molar-refractivity contribution in [3.8, 4) is 0 Å². The predicted octanol–water partition coefficient (Wildman–Crippen LogP) is 1.51. The van der Waals surface area contributed by atoms with Gasteiger partial charge < -0.3 is 9.64 Å². The van der Waals surface area contributed by atoms with Crippen LogP contribution in [0.1, 0.15) is 32.6 Å². The second kappa shape index (κ2) is 5.34. The van der Waals surface area contributed by atoms with Gasteiger partial charge in [0.05, 0.1) is 12.5 Å². The molecule has 1 heterocycles. The van der Waals surface area contributed by atoms with Gasteiger partial charge in [0.1, 0.15) is 0 Å². The molecule has 0 aromatic rings. The lowest BCUT2D eigenvalue weighted by atomic mass is 9.96. The van der Waals surface area contributed by atoms with Crippen molar-refractivity contribution in [1.82, 2.24) is 4.90 Å². The number of piperidine rings is 1. The van der Waals surface area contributed by atoms with Gasteiger partial charge >= 0.3 is 5.97 Å². The van der Waals surface area contributed by atoms with E-state index in [0.29, 0.717) is 13.0 Å². The molecule has 2 rings (SSSR count). The standard InChI is InChI=1S/C13H19NO3/c1-2-17-13(16)10-5-7-14(8-6-10)11-3-4-12(15)9-11/h9-10H,2-8H2,1H3. The second-order valence-electron chi connectivity index (χ2n) is 4.62. The molecule has 0 aromatic heterocycles. The highest BCUT2D eigenvalue weighted by molar-refractivity contribution is 5.92. The van der Waals surface area contributed by atoms with Crippen LogP contribution in [0.2, 0.25) is 0 Å². The van der Waals surface area contributed by atoms with Gasteiger partial charge in [-0.05, 0) is 26.2 Å². The van der Waals surface area contributed by atoms with Crippen LogP contribution < -0.4 is 0 Å². The summed E-state index contributed by atoms with van der Waals surface area (Å²) in [4.78, 5) is 25.0. The first kappa shape index (κ1) is 12.1. The van der Waals surface area contributed by atoms with Crippen molar-refractivity contribution in [3.63, 3.8) is 0 Å². The van der Waals surface area contributed by atoms with Gasteiger partial charge in [-0.25, -0.2) is 0 Å². The third kappa shape index (κ3) is 2.87. The van der Waals surface area contributed by atoms with Gasteiger partial charge in [-0.3, -0.25) is 9.59 Å². The summed E-state index contributed by atoms with van der Waals surface area (Å²) in [7, 11) is 0. The molecule has 0 bridgehead atoms. The fourth-order valence-corrected chi connectivity index (χ4v) is 2.49. The average Bonchev–Trinajstić information content (AvgIpc) is 2.76. The molecule has 0 saturated carbocycles. The van der Waals surface area contributed by atoms with E-state index in [4.69, 9.17) is 4.74 Å². The van der Waals surface area contributed by atoms with Gasteiger partial charge in [0.2, 0.25) is 0 Å². The largest absolute Gasteiger partial charge is 0.466 e. The van der Waals surface area contributed by atoms with E-state index in [0.717, 1.165) is 38.0 Å². The maximum absolute atomic E-state index is 11.6. The molecule has 0 spiro atoms. The van der Waals surface area contributed by atoms with Crippen LogP contribution in [0.15, 0.2) is 11.8 Å². The number of hydrogen-bond acceptors (Lipinski definition) is 4. The Morgan fingerprint density at radius 1 is 1.41 bits per heavy atom. The van der Waals surface area contributed by atoms with Crippen LogP contribution in [-0.4, -0.2) is 36.3 Å². The smallest absolute Gasteiger partial charge is 0.309 e. The number of carbonyl (C=O) groups is 2. The van der Waals surface area contributed by atoms with E-state index in [-0.39, 0.29) is 17.7 Å². The molecule has 4 nitrogen and oxygen atoms in total. The van der Waals surface area contributed by atoms with Gasteiger partial charge in [-0.2, -0.15) is 0 Å². The topological polar surface area (TPSA) is 46.6 Å². The zero-order valence-corrected chi connectivity index (χ0v) is 10.3. The number of nitrogens with zero attached hydrogens (tertiary/aromatic N) is 1. The number of likely N-dealkylation sites (tertiary alicyclic amines) is 1. The highest BCUT2D eigenvalue weighted by Crippen LogP contribution is 2.26. The molecule has 17 heavy (non-hydrogen) atoms. The van der Waals surface area contributed by atoms with Gasteiger partial charge in [-0.1, -0.05) is 0 Å². The maximum atomic E-state index is 11.6. The molecule has 0 atom stereocenters. The fraction of sp³-hybridized carbons (Fsp3) is 0.692. The Morgan fingerprint density at radius 3 is 2.65 bits per heavy atom. The van der Waals surface area contributed by atoms with E-state index < -0.39 is 0 Å². The zero-order valence-electron chi connectivity index (χ0n) is 10.3. The van der Waals surface area contributed by atoms with Gasteiger partial charge in [0, 0.05) is 31.3 Å². The molecule has 0 N–H and O–H groups in total. The highest BCUT2D eigenvalue weighted by Gasteiger charge is 2.28. The molecular formula is C13H19NO3. The van der Waals surface area contributed by atoms with Crippen LogP contribution in [0, 0.1) is 5.92 Å². The fourth-order valence-electron chi connectivity index (χ4n) is 2.49. The minimum Gasteiger partial charge on any atom is -0.466 e. The summed E-state index contributed by atoms with van der Waals surface area (Å²) in [5.41, 5.74) is 1.15. The lowest BCUT2D eigenvalue weighted by molar-refractivity contribution is -0.149. The number of ketones is 1. The Morgan fingerprint density at radius 2 is 2.12 bits per heavy atom. The van der Waals surface area contributed by atoms with Crippen molar-refractivity contribution >= 4 is 11.8 Å². The quantitative estimate of drug-likeness (QED) is 0.698. The Kier molecular flexibility index (Phi) is 3.82. The molecular weight excluding hydrogens is 218 g/mol. The first-order chi connectivity index (χ1) is 8.20. The monoisotopic (exact) mass is 237 g/mol. The molecule has 1 aliphatic heterocycles. The number of allylic oxidation sites excluding steroid dienone is 2. The lowest BCUT2D eigenvalue weighted by Crippen LogP contribution is -2.36. The predicted molar refractivity (Wildman–Crippen MR) is 63.3 cm³/mol. The normalized spacial score (nSPS) is 21.6. The van der Waals surface area contributed by atoms with Crippen molar-refractivity contribution in [3.05, 3.63) is 11.8 Å². The summed E-state index contributed by atoms with van der Waals surface area (Å²) in [6.07, 6.45) is 4.94. The summed E-state index contributed by atoms with van der Waals surface area (Å²) in [6.45, 7) is 4.02. The van der Waals surface area contributed by atoms with Crippen molar-refractivity contribution in [2.24, 2.45) is 5.92 Å². The van der Waals surface area contributed by atoms with E-state index in [1.807, 2.05) is 6.92 Å². The second-order valence-corrected chi connectivity index (χ2v) is 4.62. The van der Waals surface area contributed by atoms with E-state index in [9.17, 15) is 9.59 Å². The van der Waals surface area contributed by atoms with E-state index >= 15 is 0 Å². The van der Waals surface area contributed by atoms with Crippen molar-refractivity contribution in [2.75, 3.05) is 19.7 Å². The maximum Gasteiger partial charge on any atom is 0.309 e. The summed E-state index contributed by atoms with van der Waals surface area (Å²) in [6, 6.07) is 0. The Balaban J connectivity index is 1.84. The molecule has 1 saturated heterocycles. The van der Waals surface area contributed by atoms with Crippen LogP contribution >= 0.6 is 0 Å². The third-order valence-corrected chi connectivity index (χ3v) is 3.48. The van der Waals surface area contributed by atoms with Crippen molar-refractivity contribution in [2.45, 2.75) is 32.6 Å². The summed E-state index contributed by atoms with van der Waals surface area (Å²) >= 11 is 0. The molecule has 0 amide bonds. The first-order valence-electron chi connectivity index (χ1n) is 6.35. The van der Waals surface area contributed by atoms with Crippen LogP contribution in [0.4, 0.5) is 0 Å². The van der Waals surface area contributed by atoms with Crippen LogP contribution in [0.5, 0.6) is 0 Å². The minimum absolute atomic E-state index is 0.0453. The average molecular weight is 237 g/mol. The summed E-state index contributed by atoms with van der Waals surface area (Å²) in [5.74, 6) is 0.208. The van der Waals surface area contributed by atoms with Crippen LogP contribution in [-0.2, 0) is 14.3 Å². The number of rotatable bonds is 3.